The Morgan fingerprint density at radius 3 is 2.82 bits per heavy atom. The van der Waals surface area contributed by atoms with Crippen LogP contribution in [0.1, 0.15) is 12.8 Å². The summed E-state index contributed by atoms with van der Waals surface area (Å²) < 4.78 is 10.4. The Balaban J connectivity index is 2.38. The third-order valence-electron chi connectivity index (χ3n) is 3.23. The molecule has 0 radical (unpaired) electrons. The van der Waals surface area contributed by atoms with Crippen LogP contribution in [0.25, 0.3) is 0 Å². The Labute approximate surface area is 103 Å². The van der Waals surface area contributed by atoms with Gasteiger partial charge in [0.25, 0.3) is 0 Å². The van der Waals surface area contributed by atoms with Gasteiger partial charge in [-0.05, 0) is 19.9 Å². The fraction of sp³-hybridized carbons (Fsp3) is 1.00. The van der Waals surface area contributed by atoms with Gasteiger partial charge in [-0.3, -0.25) is 0 Å². The van der Waals surface area contributed by atoms with Gasteiger partial charge in [-0.25, -0.2) is 0 Å². The molecule has 1 aliphatic heterocycles. The van der Waals surface area contributed by atoms with Crippen molar-refractivity contribution in [1.82, 2.24) is 4.90 Å². The van der Waals surface area contributed by atoms with E-state index in [1.54, 1.807) is 7.11 Å². The van der Waals surface area contributed by atoms with Crippen LogP contribution in [0, 0.1) is 5.41 Å². The SMILES string of the molecule is COCC(O)CN(C)CC1(CO)CCCOC1. The van der Waals surface area contributed by atoms with E-state index in [2.05, 4.69) is 0 Å². The largest absolute Gasteiger partial charge is 0.396 e. The highest BCUT2D eigenvalue weighted by Crippen LogP contribution is 2.28. The maximum atomic E-state index is 9.65. The van der Waals surface area contributed by atoms with Gasteiger partial charge in [-0.1, -0.05) is 0 Å². The van der Waals surface area contributed by atoms with Crippen molar-refractivity contribution in [3.8, 4) is 0 Å². The van der Waals surface area contributed by atoms with E-state index in [0.29, 0.717) is 19.8 Å². The number of likely N-dealkylation sites (N-methyl/N-ethyl adjacent to an activating group) is 1. The van der Waals surface area contributed by atoms with Crippen LogP contribution < -0.4 is 0 Å². The standard InChI is InChI=1S/C12H25NO4/c1-13(6-11(15)7-16-2)8-12(9-14)4-3-5-17-10-12/h11,14-15H,3-10H2,1-2H3. The van der Waals surface area contributed by atoms with Crippen LogP contribution >= 0.6 is 0 Å². The van der Waals surface area contributed by atoms with E-state index in [-0.39, 0.29) is 12.0 Å². The Bertz CT molecular complexity index is 207. The van der Waals surface area contributed by atoms with E-state index < -0.39 is 6.10 Å². The Kier molecular flexibility index (Phi) is 6.37. The number of aliphatic hydroxyl groups excluding tert-OH is 2. The molecule has 0 amide bonds. The summed E-state index contributed by atoms with van der Waals surface area (Å²) in [6, 6.07) is 0. The van der Waals surface area contributed by atoms with Crippen LogP contribution in [0.4, 0.5) is 0 Å². The number of rotatable bonds is 7. The summed E-state index contributed by atoms with van der Waals surface area (Å²) in [6.45, 7) is 3.16. The van der Waals surface area contributed by atoms with Crippen molar-refractivity contribution >= 4 is 0 Å². The summed E-state index contributed by atoms with van der Waals surface area (Å²) >= 11 is 0. The molecule has 0 bridgehead atoms. The van der Waals surface area contributed by atoms with E-state index in [9.17, 15) is 10.2 Å². The van der Waals surface area contributed by atoms with E-state index in [1.165, 1.54) is 0 Å². The highest BCUT2D eigenvalue weighted by molar-refractivity contribution is 4.84. The van der Waals surface area contributed by atoms with Gasteiger partial charge in [0.15, 0.2) is 0 Å². The molecule has 0 aromatic carbocycles. The van der Waals surface area contributed by atoms with Crippen LogP contribution in [0.3, 0.4) is 0 Å². The second kappa shape index (κ2) is 7.28. The lowest BCUT2D eigenvalue weighted by Crippen LogP contribution is -2.46. The van der Waals surface area contributed by atoms with Gasteiger partial charge in [-0.15, -0.1) is 0 Å². The first kappa shape index (κ1) is 14.9. The van der Waals surface area contributed by atoms with Gasteiger partial charge >= 0.3 is 0 Å². The molecule has 1 heterocycles. The predicted octanol–water partition coefficient (Wildman–Crippen LogP) is -0.285. The molecule has 5 nitrogen and oxygen atoms in total. The molecular weight excluding hydrogens is 222 g/mol. The first-order valence-corrected chi connectivity index (χ1v) is 6.16. The zero-order valence-corrected chi connectivity index (χ0v) is 10.9. The molecule has 0 aromatic rings. The molecule has 1 aliphatic rings. The first-order chi connectivity index (χ1) is 8.12. The van der Waals surface area contributed by atoms with Crippen LogP contribution in [-0.4, -0.2) is 74.9 Å². The predicted molar refractivity (Wildman–Crippen MR) is 65.0 cm³/mol. The summed E-state index contributed by atoms with van der Waals surface area (Å²) in [6.07, 6.45) is 1.49. The summed E-state index contributed by atoms with van der Waals surface area (Å²) in [5.41, 5.74) is -0.167. The minimum Gasteiger partial charge on any atom is -0.396 e. The van der Waals surface area contributed by atoms with Crippen LogP contribution in [-0.2, 0) is 9.47 Å². The van der Waals surface area contributed by atoms with Crippen LogP contribution in [0.2, 0.25) is 0 Å². The molecule has 2 unspecified atom stereocenters. The molecule has 17 heavy (non-hydrogen) atoms. The number of hydrogen-bond donors (Lipinski definition) is 2. The molecule has 2 atom stereocenters. The summed E-state index contributed by atoms with van der Waals surface area (Å²) in [5, 5.41) is 19.2. The lowest BCUT2D eigenvalue weighted by Gasteiger charge is -2.38. The smallest absolute Gasteiger partial charge is 0.0899 e. The van der Waals surface area contributed by atoms with Crippen LogP contribution in [0.15, 0.2) is 0 Å². The second-order valence-electron chi connectivity index (χ2n) is 5.12. The van der Waals surface area contributed by atoms with Gasteiger partial charge in [-0.2, -0.15) is 0 Å². The quantitative estimate of drug-likeness (QED) is 0.647. The number of methoxy groups -OCH3 is 1. The van der Waals surface area contributed by atoms with Crippen LogP contribution in [0.5, 0.6) is 0 Å². The second-order valence-corrected chi connectivity index (χ2v) is 5.12. The average Bonchev–Trinajstić information content (AvgIpc) is 2.30. The zero-order chi connectivity index (χ0) is 12.7. The first-order valence-electron chi connectivity index (χ1n) is 6.16. The molecule has 0 aliphatic carbocycles. The van der Waals surface area contributed by atoms with Gasteiger partial charge in [0, 0.05) is 32.2 Å². The van der Waals surface area contributed by atoms with Crippen molar-refractivity contribution in [2.24, 2.45) is 5.41 Å². The fourth-order valence-corrected chi connectivity index (χ4v) is 2.45. The van der Waals surface area contributed by atoms with E-state index >= 15 is 0 Å². The van der Waals surface area contributed by atoms with Crippen molar-refractivity contribution in [2.75, 3.05) is 53.7 Å². The van der Waals surface area contributed by atoms with Gasteiger partial charge in [0.2, 0.25) is 0 Å². The molecule has 0 saturated carbocycles. The third-order valence-corrected chi connectivity index (χ3v) is 3.23. The molecule has 1 rings (SSSR count). The van der Waals surface area contributed by atoms with Gasteiger partial charge in [0.1, 0.15) is 0 Å². The number of nitrogens with zero attached hydrogens (tertiary/aromatic N) is 1. The maximum Gasteiger partial charge on any atom is 0.0899 e. The minimum absolute atomic E-state index is 0.137. The third kappa shape index (κ3) is 4.89. The summed E-state index contributed by atoms with van der Waals surface area (Å²) in [7, 11) is 3.53. The Morgan fingerprint density at radius 2 is 2.29 bits per heavy atom. The number of aliphatic hydroxyl groups is 2. The van der Waals surface area contributed by atoms with Gasteiger partial charge in [0.05, 0.1) is 25.9 Å². The minimum atomic E-state index is -0.481. The monoisotopic (exact) mass is 247 g/mol. The van der Waals surface area contributed by atoms with Crippen molar-refractivity contribution < 1.29 is 19.7 Å². The molecule has 1 saturated heterocycles. The molecule has 102 valence electrons. The summed E-state index contributed by atoms with van der Waals surface area (Å²) in [4.78, 5) is 2.04. The van der Waals surface area contributed by atoms with Crippen molar-refractivity contribution in [3.05, 3.63) is 0 Å². The van der Waals surface area contributed by atoms with Crippen molar-refractivity contribution in [2.45, 2.75) is 18.9 Å². The molecule has 1 fully saturated rings. The Hall–Kier alpha value is -0.200. The van der Waals surface area contributed by atoms with E-state index in [1.807, 2.05) is 11.9 Å². The maximum absolute atomic E-state index is 9.65. The molecule has 0 spiro atoms. The van der Waals surface area contributed by atoms with Crippen molar-refractivity contribution in [1.29, 1.82) is 0 Å². The molecule has 5 heteroatoms. The molecular formula is C12H25NO4. The lowest BCUT2D eigenvalue weighted by atomic mass is 9.83. The van der Waals surface area contributed by atoms with E-state index in [4.69, 9.17) is 9.47 Å². The average molecular weight is 247 g/mol. The zero-order valence-electron chi connectivity index (χ0n) is 10.9. The van der Waals surface area contributed by atoms with E-state index in [0.717, 1.165) is 26.0 Å². The molecule has 2 N–H and O–H groups in total. The highest BCUT2D eigenvalue weighted by atomic mass is 16.5. The highest BCUT2D eigenvalue weighted by Gasteiger charge is 2.33. The van der Waals surface area contributed by atoms with Gasteiger partial charge < -0.3 is 24.6 Å². The number of ether oxygens (including phenoxy) is 2. The summed E-state index contributed by atoms with van der Waals surface area (Å²) in [5.74, 6) is 0. The molecule has 0 aromatic heterocycles. The topological polar surface area (TPSA) is 62.2 Å². The fourth-order valence-electron chi connectivity index (χ4n) is 2.45. The number of hydrogen-bond acceptors (Lipinski definition) is 5. The normalized spacial score (nSPS) is 27.4. The Morgan fingerprint density at radius 1 is 1.53 bits per heavy atom. The van der Waals surface area contributed by atoms with Crippen molar-refractivity contribution in [3.63, 3.8) is 0 Å². The lowest BCUT2D eigenvalue weighted by molar-refractivity contribution is -0.0582.